The summed E-state index contributed by atoms with van der Waals surface area (Å²) < 4.78 is 52.6. The lowest BCUT2D eigenvalue weighted by Crippen LogP contribution is -2.43. The number of nitrogen functional groups attached to an aromatic ring is 1. The van der Waals surface area contributed by atoms with Crippen molar-refractivity contribution >= 4 is 22.4 Å². The Morgan fingerprint density at radius 3 is 2.51 bits per heavy atom. The smallest absolute Gasteiger partial charge is 0.416 e. The molecular formula is C27H34F3N5O2. The molecule has 1 aliphatic heterocycles. The topological polar surface area (TPSA) is 85.5 Å². The van der Waals surface area contributed by atoms with Gasteiger partial charge in [0.15, 0.2) is 11.5 Å². The highest BCUT2D eigenvalue weighted by Gasteiger charge is 2.35. The van der Waals surface area contributed by atoms with Crippen LogP contribution in [0.25, 0.3) is 10.9 Å². The third kappa shape index (κ3) is 5.39. The quantitative estimate of drug-likeness (QED) is 0.378. The van der Waals surface area contributed by atoms with Gasteiger partial charge in [-0.05, 0) is 83.5 Å². The van der Waals surface area contributed by atoms with Crippen molar-refractivity contribution in [3.63, 3.8) is 0 Å². The van der Waals surface area contributed by atoms with E-state index in [1.54, 1.807) is 33.1 Å². The van der Waals surface area contributed by atoms with Crippen LogP contribution in [0.15, 0.2) is 24.3 Å². The summed E-state index contributed by atoms with van der Waals surface area (Å²) >= 11 is 0. The fourth-order valence-corrected chi connectivity index (χ4v) is 5.00. The summed E-state index contributed by atoms with van der Waals surface area (Å²) in [4.78, 5) is 11.4. The molecule has 0 radical (unpaired) electrons. The molecule has 0 unspecified atom stereocenters. The maximum absolute atomic E-state index is 13.6. The molecule has 10 heteroatoms. The maximum Gasteiger partial charge on any atom is 0.416 e. The van der Waals surface area contributed by atoms with Gasteiger partial charge in [0.05, 0.1) is 29.8 Å². The second-order valence-corrected chi connectivity index (χ2v) is 10.1. The Labute approximate surface area is 215 Å². The number of aryl methyl sites for hydroxylation is 1. The lowest BCUT2D eigenvalue weighted by Gasteiger charge is -2.32. The number of nitrogens with zero attached hydrogens (tertiary/aromatic N) is 3. The fourth-order valence-electron chi connectivity index (χ4n) is 5.00. The molecule has 3 aromatic rings. The fraction of sp³-hybridized carbons (Fsp3) is 0.481. The summed E-state index contributed by atoms with van der Waals surface area (Å²) in [5, 5.41) is 3.96. The highest BCUT2D eigenvalue weighted by molar-refractivity contribution is 5.92. The number of hydrogen-bond acceptors (Lipinski definition) is 7. The van der Waals surface area contributed by atoms with Crippen molar-refractivity contribution in [2.24, 2.45) is 0 Å². The van der Waals surface area contributed by atoms with Crippen LogP contribution >= 0.6 is 0 Å². The van der Waals surface area contributed by atoms with E-state index in [1.165, 1.54) is 6.92 Å². The zero-order chi connectivity index (χ0) is 27.1. The Morgan fingerprint density at radius 1 is 1.16 bits per heavy atom. The molecule has 2 atom stereocenters. The number of rotatable bonds is 7. The number of hydrogen-bond donors (Lipinski definition) is 2. The Morgan fingerprint density at radius 2 is 1.89 bits per heavy atom. The average molecular weight is 518 g/mol. The predicted octanol–water partition coefficient (Wildman–Crippen LogP) is 5.89. The number of likely N-dealkylation sites (tertiary alicyclic amines) is 1. The molecule has 4 rings (SSSR count). The molecule has 0 bridgehead atoms. The largest absolute Gasteiger partial charge is 0.493 e. The van der Waals surface area contributed by atoms with Gasteiger partial charge in [-0.15, -0.1) is 0 Å². The zero-order valence-electron chi connectivity index (χ0n) is 22.1. The molecule has 0 saturated carbocycles. The van der Waals surface area contributed by atoms with Crippen molar-refractivity contribution in [3.8, 4) is 11.5 Å². The molecule has 0 spiro atoms. The molecule has 3 N–H and O–H groups in total. The third-order valence-corrected chi connectivity index (χ3v) is 7.36. The van der Waals surface area contributed by atoms with Crippen LogP contribution in [0.5, 0.6) is 11.5 Å². The first-order valence-electron chi connectivity index (χ1n) is 12.3. The van der Waals surface area contributed by atoms with E-state index in [1.807, 2.05) is 6.07 Å². The summed E-state index contributed by atoms with van der Waals surface area (Å²) in [5.74, 6) is 2.11. The minimum atomic E-state index is -4.50. The van der Waals surface area contributed by atoms with Gasteiger partial charge in [0, 0.05) is 17.1 Å². The number of halogens is 3. The monoisotopic (exact) mass is 517 g/mol. The van der Waals surface area contributed by atoms with Gasteiger partial charge in [0.1, 0.15) is 18.2 Å². The number of nitrogens with one attached hydrogen (secondary N) is 1. The molecule has 1 aromatic heterocycles. The molecule has 2 heterocycles. The number of fused-ring (bicyclic) bond motifs is 1. The van der Waals surface area contributed by atoms with Crippen molar-refractivity contribution in [3.05, 3.63) is 46.8 Å². The van der Waals surface area contributed by atoms with Crippen molar-refractivity contribution in [2.45, 2.75) is 58.3 Å². The minimum absolute atomic E-state index is 0.0519. The molecule has 1 saturated heterocycles. The van der Waals surface area contributed by atoms with Gasteiger partial charge in [-0.3, -0.25) is 4.90 Å². The van der Waals surface area contributed by atoms with Crippen LogP contribution in [0.4, 0.5) is 24.7 Å². The number of anilines is 2. The number of methoxy groups -OCH3 is 1. The standard InChI is InChI=1S/C27H34F3N5O2/c1-15-19(10-18(31)11-21(15)27(28,29)30)16(2)32-25-20-12-24(37-14-26(4)8-7-9-35(26)5)23(36-6)13-22(20)33-17(3)34-25/h10-13,16H,7-9,14,31H2,1-6H3,(H,32,33,34)/t16-,26+/m1/s1. The van der Waals surface area contributed by atoms with Gasteiger partial charge < -0.3 is 20.5 Å². The van der Waals surface area contributed by atoms with E-state index >= 15 is 0 Å². The molecule has 2 aromatic carbocycles. The average Bonchev–Trinajstić information content (AvgIpc) is 3.15. The Hall–Kier alpha value is -3.27. The Balaban J connectivity index is 1.71. The van der Waals surface area contributed by atoms with Crippen molar-refractivity contribution in [1.29, 1.82) is 0 Å². The molecule has 37 heavy (non-hydrogen) atoms. The van der Waals surface area contributed by atoms with Gasteiger partial charge in [-0.1, -0.05) is 0 Å². The van der Waals surface area contributed by atoms with Gasteiger partial charge in [-0.2, -0.15) is 13.2 Å². The SMILES string of the molecule is COc1cc2nc(C)nc(N[C@H](C)c3cc(N)cc(C(F)(F)F)c3C)c2cc1OC[C@]1(C)CCCN1C. The van der Waals surface area contributed by atoms with E-state index in [9.17, 15) is 13.2 Å². The normalized spacial score (nSPS) is 19.3. The van der Waals surface area contributed by atoms with E-state index in [-0.39, 0.29) is 16.8 Å². The number of alkyl halides is 3. The second kappa shape index (κ2) is 9.89. The van der Waals surface area contributed by atoms with Crippen molar-refractivity contribution in [1.82, 2.24) is 14.9 Å². The van der Waals surface area contributed by atoms with Gasteiger partial charge in [0.2, 0.25) is 0 Å². The lowest BCUT2D eigenvalue weighted by atomic mass is 9.96. The van der Waals surface area contributed by atoms with Crippen molar-refractivity contribution in [2.75, 3.05) is 38.4 Å². The van der Waals surface area contributed by atoms with E-state index in [0.29, 0.717) is 46.2 Å². The number of ether oxygens (including phenoxy) is 2. The number of likely N-dealkylation sites (N-methyl/N-ethyl adjacent to an activating group) is 1. The number of benzene rings is 2. The van der Waals surface area contributed by atoms with Gasteiger partial charge in [-0.25, -0.2) is 9.97 Å². The number of aromatic nitrogens is 2. The summed E-state index contributed by atoms with van der Waals surface area (Å²) in [7, 11) is 3.67. The molecule has 0 aliphatic carbocycles. The molecule has 1 aliphatic rings. The molecular weight excluding hydrogens is 483 g/mol. The predicted molar refractivity (Wildman–Crippen MR) is 139 cm³/mol. The Kier molecular flexibility index (Phi) is 7.16. The van der Waals surface area contributed by atoms with Crippen LogP contribution in [0.1, 0.15) is 55.2 Å². The van der Waals surface area contributed by atoms with Crippen LogP contribution in [0, 0.1) is 13.8 Å². The first-order valence-corrected chi connectivity index (χ1v) is 12.3. The molecule has 7 nitrogen and oxygen atoms in total. The van der Waals surface area contributed by atoms with Crippen molar-refractivity contribution < 1.29 is 22.6 Å². The highest BCUT2D eigenvalue weighted by atomic mass is 19.4. The molecule has 200 valence electrons. The summed E-state index contributed by atoms with van der Waals surface area (Å²) in [6.45, 7) is 8.68. The van der Waals surface area contributed by atoms with E-state index < -0.39 is 17.8 Å². The third-order valence-electron chi connectivity index (χ3n) is 7.36. The van der Waals surface area contributed by atoms with Crippen LogP contribution in [-0.2, 0) is 6.18 Å². The highest BCUT2D eigenvalue weighted by Crippen LogP contribution is 2.39. The van der Waals surface area contributed by atoms with Gasteiger partial charge in [0.25, 0.3) is 0 Å². The second-order valence-electron chi connectivity index (χ2n) is 10.1. The lowest BCUT2D eigenvalue weighted by molar-refractivity contribution is -0.138. The molecule has 0 amide bonds. The molecule has 1 fully saturated rings. The minimum Gasteiger partial charge on any atom is -0.493 e. The first kappa shape index (κ1) is 26.8. The number of nitrogens with two attached hydrogens (primary N) is 1. The van der Waals surface area contributed by atoms with Crippen LogP contribution in [-0.4, -0.2) is 47.7 Å². The van der Waals surface area contributed by atoms with Crippen LogP contribution < -0.4 is 20.5 Å². The van der Waals surface area contributed by atoms with Gasteiger partial charge >= 0.3 is 6.18 Å². The zero-order valence-corrected chi connectivity index (χ0v) is 22.1. The van der Waals surface area contributed by atoms with E-state index in [4.69, 9.17) is 15.2 Å². The summed E-state index contributed by atoms with van der Waals surface area (Å²) in [5.41, 5.74) is 6.27. The first-order chi connectivity index (χ1) is 17.3. The Bertz CT molecular complexity index is 1310. The van der Waals surface area contributed by atoms with E-state index in [2.05, 4.69) is 34.2 Å². The summed E-state index contributed by atoms with van der Waals surface area (Å²) in [6.07, 6.45) is -2.35. The van der Waals surface area contributed by atoms with Crippen LogP contribution in [0.3, 0.4) is 0 Å². The van der Waals surface area contributed by atoms with Crippen LogP contribution in [0.2, 0.25) is 0 Å². The summed E-state index contributed by atoms with van der Waals surface area (Å²) in [6, 6.07) is 5.64. The van der Waals surface area contributed by atoms with E-state index in [0.717, 1.165) is 25.5 Å². The maximum atomic E-state index is 13.6.